The van der Waals surface area contributed by atoms with Gasteiger partial charge in [-0.25, -0.2) is 0 Å². The summed E-state index contributed by atoms with van der Waals surface area (Å²) in [6, 6.07) is 15.8. The van der Waals surface area contributed by atoms with E-state index in [1.54, 1.807) is 31.2 Å². The fourth-order valence-electron chi connectivity index (χ4n) is 3.37. The van der Waals surface area contributed by atoms with E-state index in [0.717, 1.165) is 0 Å². The van der Waals surface area contributed by atoms with Crippen LogP contribution in [0.3, 0.4) is 0 Å². The number of carbonyl (C=O) groups is 3. The molecule has 0 bridgehead atoms. The molecule has 5 nitrogen and oxygen atoms in total. The van der Waals surface area contributed by atoms with Gasteiger partial charge < -0.3 is 9.15 Å². The highest BCUT2D eigenvalue weighted by Gasteiger charge is 2.37. The number of hydrogen-bond donors (Lipinski definition) is 0. The maximum atomic E-state index is 13.1. The summed E-state index contributed by atoms with van der Waals surface area (Å²) in [7, 11) is 0. The van der Waals surface area contributed by atoms with Crippen LogP contribution in [0, 0.1) is 0 Å². The summed E-state index contributed by atoms with van der Waals surface area (Å²) in [4.78, 5) is 38.1. The summed E-state index contributed by atoms with van der Waals surface area (Å²) >= 11 is 0. The number of furan rings is 1. The number of ether oxygens (including phenoxy) is 1. The molecule has 4 rings (SSSR count). The van der Waals surface area contributed by atoms with Crippen LogP contribution in [0.5, 0.6) is 0 Å². The number of esters is 1. The Morgan fingerprint density at radius 3 is 2.19 bits per heavy atom. The van der Waals surface area contributed by atoms with Gasteiger partial charge in [0.25, 0.3) is 0 Å². The standard InChI is InChI=1S/C22H16O5/c1-2-26-17(23)12-16-18(13-8-4-3-5-9-13)19-20(24)14-10-6-7-11-15(14)21(25)22(19)27-16/h3-11H,2,12H2,1H3. The summed E-state index contributed by atoms with van der Waals surface area (Å²) in [6.45, 7) is 1.95. The third-order valence-electron chi connectivity index (χ3n) is 4.50. The van der Waals surface area contributed by atoms with E-state index in [2.05, 4.69) is 0 Å². The predicted molar refractivity (Wildman–Crippen MR) is 97.8 cm³/mol. The Morgan fingerprint density at radius 2 is 1.52 bits per heavy atom. The van der Waals surface area contributed by atoms with Gasteiger partial charge in [0, 0.05) is 16.7 Å². The fourth-order valence-corrected chi connectivity index (χ4v) is 3.37. The first-order valence-electron chi connectivity index (χ1n) is 8.67. The minimum atomic E-state index is -0.474. The van der Waals surface area contributed by atoms with Crippen LogP contribution in [0.2, 0.25) is 0 Å². The second kappa shape index (κ2) is 6.68. The molecule has 1 aliphatic carbocycles. The predicted octanol–water partition coefficient (Wildman–Crippen LogP) is 3.83. The van der Waals surface area contributed by atoms with E-state index >= 15 is 0 Å². The van der Waals surface area contributed by atoms with Gasteiger partial charge in [0.2, 0.25) is 5.78 Å². The van der Waals surface area contributed by atoms with Crippen LogP contribution in [-0.2, 0) is 16.0 Å². The lowest BCUT2D eigenvalue weighted by molar-refractivity contribution is -0.142. The Balaban J connectivity index is 1.94. The van der Waals surface area contributed by atoms with Crippen LogP contribution < -0.4 is 0 Å². The molecule has 0 unspecified atom stereocenters. The van der Waals surface area contributed by atoms with Gasteiger partial charge in [0.1, 0.15) is 12.2 Å². The zero-order chi connectivity index (χ0) is 19.0. The number of hydrogen-bond acceptors (Lipinski definition) is 5. The van der Waals surface area contributed by atoms with Crippen molar-refractivity contribution in [2.45, 2.75) is 13.3 Å². The summed E-state index contributed by atoms with van der Waals surface area (Å²) in [6.07, 6.45) is -0.151. The Hall–Kier alpha value is -3.47. The van der Waals surface area contributed by atoms with Crippen LogP contribution in [0.15, 0.2) is 59.0 Å². The molecule has 1 aromatic heterocycles. The zero-order valence-corrected chi connectivity index (χ0v) is 14.7. The average Bonchev–Trinajstić information content (AvgIpc) is 3.06. The monoisotopic (exact) mass is 360 g/mol. The van der Waals surface area contributed by atoms with E-state index in [4.69, 9.17) is 9.15 Å². The lowest BCUT2D eigenvalue weighted by atomic mass is 9.85. The molecule has 0 N–H and O–H groups in total. The van der Waals surface area contributed by atoms with Gasteiger partial charge in [0.15, 0.2) is 11.5 Å². The Bertz CT molecular complexity index is 1060. The first-order valence-corrected chi connectivity index (χ1v) is 8.67. The van der Waals surface area contributed by atoms with Crippen molar-refractivity contribution in [1.82, 2.24) is 0 Å². The van der Waals surface area contributed by atoms with Crippen LogP contribution in [0.1, 0.15) is 44.7 Å². The highest BCUT2D eigenvalue weighted by Crippen LogP contribution is 2.39. The molecule has 1 aliphatic rings. The van der Waals surface area contributed by atoms with Crippen LogP contribution in [-0.4, -0.2) is 24.1 Å². The van der Waals surface area contributed by atoms with Crippen LogP contribution >= 0.6 is 0 Å². The molecule has 5 heteroatoms. The van der Waals surface area contributed by atoms with E-state index in [0.29, 0.717) is 22.3 Å². The number of benzene rings is 2. The van der Waals surface area contributed by atoms with E-state index in [1.807, 2.05) is 30.3 Å². The first-order chi connectivity index (χ1) is 13.1. The average molecular weight is 360 g/mol. The molecule has 0 saturated carbocycles. The second-order valence-electron chi connectivity index (χ2n) is 6.16. The third kappa shape index (κ3) is 2.77. The Morgan fingerprint density at radius 1 is 0.889 bits per heavy atom. The minimum absolute atomic E-state index is 0.0168. The maximum Gasteiger partial charge on any atom is 0.313 e. The molecule has 27 heavy (non-hydrogen) atoms. The molecular weight excluding hydrogens is 344 g/mol. The van der Waals surface area contributed by atoms with E-state index in [-0.39, 0.29) is 41.7 Å². The number of carbonyl (C=O) groups excluding carboxylic acids is 3. The summed E-state index contributed by atoms with van der Waals surface area (Å²) in [5, 5.41) is 0. The highest BCUT2D eigenvalue weighted by molar-refractivity contribution is 6.29. The van der Waals surface area contributed by atoms with Gasteiger partial charge in [-0.05, 0) is 12.5 Å². The lowest BCUT2D eigenvalue weighted by Gasteiger charge is -2.14. The van der Waals surface area contributed by atoms with Gasteiger partial charge in [-0.3, -0.25) is 14.4 Å². The van der Waals surface area contributed by atoms with Crippen molar-refractivity contribution in [3.8, 4) is 11.1 Å². The number of ketones is 2. The molecule has 3 aromatic rings. The van der Waals surface area contributed by atoms with E-state index in [9.17, 15) is 14.4 Å². The molecule has 0 aliphatic heterocycles. The third-order valence-corrected chi connectivity index (χ3v) is 4.50. The summed E-state index contributed by atoms with van der Waals surface area (Å²) in [5.41, 5.74) is 2.06. The van der Waals surface area contributed by atoms with Crippen molar-refractivity contribution >= 4 is 17.5 Å². The molecule has 134 valence electrons. The molecule has 0 fully saturated rings. The summed E-state index contributed by atoms with van der Waals surface area (Å²) in [5.74, 6) is -0.861. The van der Waals surface area contributed by atoms with Crippen LogP contribution in [0.4, 0.5) is 0 Å². The van der Waals surface area contributed by atoms with E-state index < -0.39 is 5.97 Å². The molecule has 0 amide bonds. The molecule has 0 spiro atoms. The van der Waals surface area contributed by atoms with Crippen molar-refractivity contribution < 1.29 is 23.5 Å². The minimum Gasteiger partial charge on any atom is -0.466 e. The number of fused-ring (bicyclic) bond motifs is 2. The molecule has 0 atom stereocenters. The van der Waals surface area contributed by atoms with Crippen molar-refractivity contribution in [2.24, 2.45) is 0 Å². The van der Waals surface area contributed by atoms with Crippen LogP contribution in [0.25, 0.3) is 11.1 Å². The van der Waals surface area contributed by atoms with Crippen molar-refractivity contribution in [2.75, 3.05) is 6.61 Å². The van der Waals surface area contributed by atoms with Gasteiger partial charge in [-0.2, -0.15) is 0 Å². The highest BCUT2D eigenvalue weighted by atomic mass is 16.5. The van der Waals surface area contributed by atoms with Crippen molar-refractivity contribution in [3.05, 3.63) is 82.8 Å². The zero-order valence-electron chi connectivity index (χ0n) is 14.7. The largest absolute Gasteiger partial charge is 0.466 e. The smallest absolute Gasteiger partial charge is 0.313 e. The molecule has 2 aromatic carbocycles. The lowest BCUT2D eigenvalue weighted by Crippen LogP contribution is -2.19. The van der Waals surface area contributed by atoms with Crippen molar-refractivity contribution in [1.29, 1.82) is 0 Å². The summed E-state index contributed by atoms with van der Waals surface area (Å²) < 4.78 is 10.8. The second-order valence-corrected chi connectivity index (χ2v) is 6.16. The maximum absolute atomic E-state index is 13.1. The Labute approximate surface area is 155 Å². The molecule has 1 heterocycles. The van der Waals surface area contributed by atoms with Gasteiger partial charge >= 0.3 is 5.97 Å². The normalized spacial score (nSPS) is 12.5. The van der Waals surface area contributed by atoms with E-state index in [1.165, 1.54) is 0 Å². The topological polar surface area (TPSA) is 73.6 Å². The quantitative estimate of drug-likeness (QED) is 0.517. The fraction of sp³-hybridized carbons (Fsp3) is 0.136. The van der Waals surface area contributed by atoms with Crippen molar-refractivity contribution in [3.63, 3.8) is 0 Å². The van der Waals surface area contributed by atoms with Gasteiger partial charge in [-0.1, -0.05) is 54.6 Å². The van der Waals surface area contributed by atoms with Gasteiger partial charge in [-0.15, -0.1) is 0 Å². The molecular formula is C22H16O5. The Kier molecular flexibility index (Phi) is 4.20. The van der Waals surface area contributed by atoms with Gasteiger partial charge in [0.05, 0.1) is 12.2 Å². The molecule has 0 saturated heterocycles. The SMILES string of the molecule is CCOC(=O)Cc1oc2c(c1-c1ccccc1)C(=O)c1ccccc1C2=O. The first kappa shape index (κ1) is 17.0. The number of rotatable bonds is 4. The molecule has 0 radical (unpaired) electrons.